The minimum absolute atomic E-state index is 0.496. The van der Waals surface area contributed by atoms with Gasteiger partial charge < -0.3 is 19.4 Å². The molecule has 1 aromatic rings. The van der Waals surface area contributed by atoms with Crippen molar-refractivity contribution in [2.45, 2.75) is 47.1 Å². The van der Waals surface area contributed by atoms with E-state index in [0.717, 1.165) is 4.74 Å². The van der Waals surface area contributed by atoms with Gasteiger partial charge in [-0.2, -0.15) is 0 Å². The van der Waals surface area contributed by atoms with Crippen molar-refractivity contribution >= 4 is 6.21 Å². The van der Waals surface area contributed by atoms with Gasteiger partial charge in [0.15, 0.2) is 11.8 Å². The van der Waals surface area contributed by atoms with E-state index in [1.165, 1.54) is 6.21 Å². The van der Waals surface area contributed by atoms with Crippen molar-refractivity contribution in [3.05, 3.63) is 22.9 Å². The summed E-state index contributed by atoms with van der Waals surface area (Å²) < 4.78 is 17.8. The maximum atomic E-state index is 12.3. The van der Waals surface area contributed by atoms with Gasteiger partial charge in [-0.25, -0.2) is 4.74 Å². The molecule has 0 aliphatic carbocycles. The first-order valence-electron chi connectivity index (χ1n) is 7.71. The van der Waals surface area contributed by atoms with Gasteiger partial charge in [0.25, 0.3) is 0 Å². The molecule has 0 unspecified atom stereocenters. The molecule has 0 heterocycles. The van der Waals surface area contributed by atoms with Gasteiger partial charge >= 0.3 is 0 Å². The summed E-state index contributed by atoms with van der Waals surface area (Å²) in [5.74, 6) is 1.84. The average molecular weight is 309 g/mol. The quantitative estimate of drug-likeness (QED) is 0.334. The third-order valence-electron chi connectivity index (χ3n) is 2.90. The highest BCUT2D eigenvalue weighted by Gasteiger charge is 2.22. The van der Waals surface area contributed by atoms with Gasteiger partial charge in [0, 0.05) is 32.9 Å². The number of hydrogen-bond acceptors (Lipinski definition) is 4. The summed E-state index contributed by atoms with van der Waals surface area (Å²) in [6, 6.07) is 3.58. The zero-order valence-electron chi connectivity index (χ0n) is 14.4. The molecule has 0 aromatic heterocycles. The smallest absolute Gasteiger partial charge is 0.189 e. The number of benzene rings is 1. The Morgan fingerprint density at radius 2 is 1.41 bits per heavy atom. The maximum absolute atomic E-state index is 12.3. The van der Waals surface area contributed by atoms with E-state index in [1.807, 2.05) is 41.5 Å². The van der Waals surface area contributed by atoms with Crippen molar-refractivity contribution < 1.29 is 18.9 Å². The Hall–Kier alpha value is -1.91. The predicted molar refractivity (Wildman–Crippen MR) is 88.5 cm³/mol. The summed E-state index contributed by atoms with van der Waals surface area (Å²) in [6.07, 6.45) is 1.52. The molecule has 0 fully saturated rings. The van der Waals surface area contributed by atoms with Crippen LogP contribution in [-0.4, -0.2) is 36.3 Å². The second-order valence-electron chi connectivity index (χ2n) is 5.76. The van der Waals surface area contributed by atoms with E-state index in [4.69, 9.17) is 14.2 Å². The molecule has 0 aliphatic heterocycles. The molecule has 5 heteroatoms. The summed E-state index contributed by atoms with van der Waals surface area (Å²) in [5, 5.41) is 12.3. The average Bonchev–Trinajstić information content (AvgIpc) is 2.42. The number of ether oxygens (including phenoxy) is 3. The number of rotatable bonds is 7. The lowest BCUT2D eigenvalue weighted by Crippen LogP contribution is -2.29. The number of nitrogens with zero attached hydrogens (tertiary/aromatic N) is 1. The predicted octanol–water partition coefficient (Wildman–Crippen LogP) is 3.61. The van der Waals surface area contributed by atoms with Crippen molar-refractivity contribution in [1.82, 2.24) is 0 Å². The van der Waals surface area contributed by atoms with E-state index in [2.05, 4.69) is 0 Å². The number of hydrogen-bond donors (Lipinski definition) is 0. The van der Waals surface area contributed by atoms with E-state index in [1.54, 1.807) is 12.1 Å². The van der Waals surface area contributed by atoms with Gasteiger partial charge in [-0.3, -0.25) is 0 Å². The Bertz CT molecular complexity index is 491. The fourth-order valence-corrected chi connectivity index (χ4v) is 1.81. The molecule has 0 aliphatic rings. The van der Waals surface area contributed by atoms with E-state index >= 15 is 0 Å². The molecule has 124 valence electrons. The van der Waals surface area contributed by atoms with E-state index in [-0.39, 0.29) is 0 Å². The molecule has 0 bridgehead atoms. The first-order chi connectivity index (χ1) is 10.3. The third kappa shape index (κ3) is 4.83. The van der Waals surface area contributed by atoms with Crippen molar-refractivity contribution in [1.29, 1.82) is 0 Å². The standard InChI is InChI=1S/C17H27NO4/c1-7-20-13-10-15(21-8-2)14(16(11-13)22-9-3)12-18(19)17(4,5)6/h10-12H,7-9H2,1-6H3. The Morgan fingerprint density at radius 3 is 1.77 bits per heavy atom. The van der Waals surface area contributed by atoms with Crippen LogP contribution in [0.3, 0.4) is 0 Å². The van der Waals surface area contributed by atoms with Crippen LogP contribution >= 0.6 is 0 Å². The summed E-state index contributed by atoms with van der Waals surface area (Å²) in [6.45, 7) is 12.8. The minimum atomic E-state index is -0.536. The highest BCUT2D eigenvalue weighted by Crippen LogP contribution is 2.33. The Kier molecular flexibility index (Phi) is 6.53. The van der Waals surface area contributed by atoms with Crippen LogP contribution in [0.15, 0.2) is 12.1 Å². The molecule has 0 amide bonds. The molecule has 1 rings (SSSR count). The second-order valence-corrected chi connectivity index (χ2v) is 5.76. The molecule has 1 aromatic carbocycles. The first-order valence-corrected chi connectivity index (χ1v) is 7.71. The van der Waals surface area contributed by atoms with Crippen LogP contribution in [-0.2, 0) is 0 Å². The van der Waals surface area contributed by atoms with Crippen molar-refractivity contribution in [3.8, 4) is 17.2 Å². The van der Waals surface area contributed by atoms with Crippen LogP contribution in [0.5, 0.6) is 17.2 Å². The van der Waals surface area contributed by atoms with Gasteiger partial charge in [0.2, 0.25) is 0 Å². The number of hydroxylamine groups is 1. The van der Waals surface area contributed by atoms with Crippen LogP contribution in [0.1, 0.15) is 47.1 Å². The van der Waals surface area contributed by atoms with Crippen LogP contribution in [0, 0.1) is 5.21 Å². The van der Waals surface area contributed by atoms with Crippen LogP contribution in [0.2, 0.25) is 0 Å². The fraction of sp³-hybridized carbons (Fsp3) is 0.588. The monoisotopic (exact) mass is 309 g/mol. The summed E-state index contributed by atoms with van der Waals surface area (Å²) in [5.41, 5.74) is 0.100. The SMILES string of the molecule is CCOc1cc(OCC)c(C=[N+]([O-])C(C)(C)C)c(OCC)c1. The normalized spacial score (nSPS) is 12.2. The summed E-state index contributed by atoms with van der Waals surface area (Å²) >= 11 is 0. The molecule has 22 heavy (non-hydrogen) atoms. The van der Waals surface area contributed by atoms with Gasteiger partial charge in [-0.15, -0.1) is 0 Å². The Morgan fingerprint density at radius 1 is 0.955 bits per heavy atom. The van der Waals surface area contributed by atoms with Crippen molar-refractivity contribution in [3.63, 3.8) is 0 Å². The van der Waals surface area contributed by atoms with Gasteiger partial charge in [-0.1, -0.05) is 0 Å². The second kappa shape index (κ2) is 7.92. The molecule has 0 saturated carbocycles. The van der Waals surface area contributed by atoms with E-state index in [9.17, 15) is 5.21 Å². The first kappa shape index (κ1) is 18.1. The molecule has 0 N–H and O–H groups in total. The highest BCUT2D eigenvalue weighted by molar-refractivity contribution is 5.85. The fourth-order valence-electron chi connectivity index (χ4n) is 1.81. The van der Waals surface area contributed by atoms with E-state index in [0.29, 0.717) is 42.6 Å². The van der Waals surface area contributed by atoms with Crippen molar-refractivity contribution in [2.24, 2.45) is 0 Å². The molecule has 5 nitrogen and oxygen atoms in total. The molecule has 0 atom stereocenters. The lowest BCUT2D eigenvalue weighted by atomic mass is 10.1. The zero-order valence-corrected chi connectivity index (χ0v) is 14.4. The van der Waals surface area contributed by atoms with E-state index < -0.39 is 5.54 Å². The van der Waals surface area contributed by atoms with Crippen molar-refractivity contribution in [2.75, 3.05) is 19.8 Å². The molecule has 0 spiro atoms. The minimum Gasteiger partial charge on any atom is -0.623 e. The van der Waals surface area contributed by atoms with Gasteiger partial charge in [0.1, 0.15) is 22.8 Å². The molecule has 0 radical (unpaired) electrons. The molecular formula is C17H27NO4. The maximum Gasteiger partial charge on any atom is 0.189 e. The topological polar surface area (TPSA) is 53.8 Å². The summed E-state index contributed by atoms with van der Waals surface area (Å²) in [7, 11) is 0. The lowest BCUT2D eigenvalue weighted by Gasteiger charge is -2.20. The van der Waals surface area contributed by atoms with Crippen LogP contribution in [0.4, 0.5) is 0 Å². The third-order valence-corrected chi connectivity index (χ3v) is 2.90. The zero-order chi connectivity index (χ0) is 16.8. The molecule has 0 saturated heterocycles. The Labute approximate surface area is 133 Å². The van der Waals surface area contributed by atoms with Gasteiger partial charge in [0.05, 0.1) is 19.8 Å². The Balaban J connectivity index is 3.43. The van der Waals surface area contributed by atoms with Gasteiger partial charge in [-0.05, 0) is 20.8 Å². The largest absolute Gasteiger partial charge is 0.623 e. The van der Waals surface area contributed by atoms with Crippen LogP contribution < -0.4 is 14.2 Å². The van der Waals surface area contributed by atoms with Crippen LogP contribution in [0.25, 0.3) is 0 Å². The highest BCUT2D eigenvalue weighted by atomic mass is 16.5. The lowest BCUT2D eigenvalue weighted by molar-refractivity contribution is -0.530. The molecular weight excluding hydrogens is 282 g/mol. The summed E-state index contributed by atoms with van der Waals surface area (Å²) in [4.78, 5) is 0.